The lowest BCUT2D eigenvalue weighted by atomic mass is 10.2. The summed E-state index contributed by atoms with van der Waals surface area (Å²) < 4.78 is 10.5. The van der Waals surface area contributed by atoms with Crippen molar-refractivity contribution in [3.63, 3.8) is 0 Å². The van der Waals surface area contributed by atoms with E-state index in [-0.39, 0.29) is 5.78 Å². The SMILES string of the molecule is COc1cc(C(=O)c2cnn(C)c2)sn1. The quantitative estimate of drug-likeness (QED) is 0.731. The van der Waals surface area contributed by atoms with Gasteiger partial charge in [0.25, 0.3) is 0 Å². The minimum absolute atomic E-state index is 0.0797. The standard InChI is InChI=1S/C9H9N3O2S/c1-12-5-6(4-10-12)9(13)7-3-8(14-2)11-15-7/h3-5H,1-2H3. The van der Waals surface area contributed by atoms with Gasteiger partial charge in [-0.3, -0.25) is 9.48 Å². The van der Waals surface area contributed by atoms with E-state index >= 15 is 0 Å². The molecule has 0 aliphatic carbocycles. The Morgan fingerprint density at radius 1 is 1.60 bits per heavy atom. The van der Waals surface area contributed by atoms with Crippen LogP contribution in [0, 0.1) is 0 Å². The summed E-state index contributed by atoms with van der Waals surface area (Å²) in [7, 11) is 3.29. The predicted octanol–water partition coefficient (Wildman–Crippen LogP) is 1.12. The van der Waals surface area contributed by atoms with Gasteiger partial charge in [0.15, 0.2) is 0 Å². The molecule has 0 aliphatic heterocycles. The van der Waals surface area contributed by atoms with Crippen molar-refractivity contribution in [2.24, 2.45) is 7.05 Å². The molecule has 2 aromatic heterocycles. The molecular formula is C9H9N3O2S. The third kappa shape index (κ3) is 1.89. The van der Waals surface area contributed by atoms with E-state index in [1.54, 1.807) is 24.0 Å². The van der Waals surface area contributed by atoms with E-state index < -0.39 is 0 Å². The Kier molecular flexibility index (Phi) is 2.51. The topological polar surface area (TPSA) is 57.0 Å². The monoisotopic (exact) mass is 223 g/mol. The van der Waals surface area contributed by atoms with Crippen molar-refractivity contribution in [3.8, 4) is 5.88 Å². The Morgan fingerprint density at radius 3 is 2.93 bits per heavy atom. The second-order valence-corrected chi connectivity index (χ2v) is 3.77. The molecule has 0 bridgehead atoms. The predicted molar refractivity (Wildman–Crippen MR) is 55.3 cm³/mol. The normalized spacial score (nSPS) is 10.3. The van der Waals surface area contributed by atoms with Crippen molar-refractivity contribution in [1.82, 2.24) is 14.2 Å². The van der Waals surface area contributed by atoms with Crippen LogP contribution in [0.1, 0.15) is 15.2 Å². The summed E-state index contributed by atoms with van der Waals surface area (Å²) in [5.41, 5.74) is 0.559. The second-order valence-electron chi connectivity index (χ2n) is 2.97. The maximum atomic E-state index is 11.9. The molecule has 15 heavy (non-hydrogen) atoms. The average Bonchev–Trinajstić information content (AvgIpc) is 2.84. The number of ketones is 1. The Hall–Kier alpha value is -1.69. The number of rotatable bonds is 3. The highest BCUT2D eigenvalue weighted by Gasteiger charge is 2.14. The molecule has 0 aromatic carbocycles. The summed E-state index contributed by atoms with van der Waals surface area (Å²) in [5.74, 6) is 0.385. The fraction of sp³-hybridized carbons (Fsp3) is 0.222. The highest BCUT2D eigenvalue weighted by Crippen LogP contribution is 2.19. The largest absolute Gasteiger partial charge is 0.480 e. The van der Waals surface area contributed by atoms with Gasteiger partial charge < -0.3 is 4.74 Å². The highest BCUT2D eigenvalue weighted by molar-refractivity contribution is 7.08. The summed E-state index contributed by atoms with van der Waals surface area (Å²) in [4.78, 5) is 12.4. The first kappa shape index (κ1) is 9.85. The van der Waals surface area contributed by atoms with Crippen molar-refractivity contribution in [2.45, 2.75) is 0 Å². The number of carbonyl (C=O) groups is 1. The van der Waals surface area contributed by atoms with Crippen LogP contribution >= 0.6 is 11.5 Å². The summed E-state index contributed by atoms with van der Waals surface area (Å²) >= 11 is 1.12. The van der Waals surface area contributed by atoms with Crippen LogP contribution in [0.4, 0.5) is 0 Å². The lowest BCUT2D eigenvalue weighted by Gasteiger charge is -1.90. The number of methoxy groups -OCH3 is 1. The van der Waals surface area contributed by atoms with Crippen LogP contribution in [0.3, 0.4) is 0 Å². The van der Waals surface area contributed by atoms with Gasteiger partial charge in [-0.15, -0.1) is 0 Å². The summed E-state index contributed by atoms with van der Waals surface area (Å²) in [6.07, 6.45) is 3.21. The first-order valence-corrected chi connectivity index (χ1v) is 5.02. The van der Waals surface area contributed by atoms with Crippen molar-refractivity contribution in [1.29, 1.82) is 0 Å². The van der Waals surface area contributed by atoms with Gasteiger partial charge in [-0.2, -0.15) is 9.47 Å². The number of aryl methyl sites for hydroxylation is 1. The molecule has 0 atom stereocenters. The molecule has 0 unspecified atom stereocenters. The zero-order valence-electron chi connectivity index (χ0n) is 8.30. The third-order valence-electron chi connectivity index (χ3n) is 1.89. The lowest BCUT2D eigenvalue weighted by Crippen LogP contribution is -1.96. The van der Waals surface area contributed by atoms with Crippen LogP contribution in [0.5, 0.6) is 5.88 Å². The summed E-state index contributed by atoms with van der Waals surface area (Å²) in [5, 5.41) is 3.94. The van der Waals surface area contributed by atoms with Gasteiger partial charge in [0.1, 0.15) is 0 Å². The van der Waals surface area contributed by atoms with Crippen LogP contribution in [0.15, 0.2) is 18.5 Å². The zero-order chi connectivity index (χ0) is 10.8. The van der Waals surface area contributed by atoms with E-state index in [4.69, 9.17) is 4.74 Å². The molecule has 2 rings (SSSR count). The first-order valence-electron chi connectivity index (χ1n) is 4.25. The Balaban J connectivity index is 2.28. The summed E-state index contributed by atoms with van der Waals surface area (Å²) in [6.45, 7) is 0. The van der Waals surface area contributed by atoms with E-state index in [1.165, 1.54) is 13.3 Å². The molecule has 0 saturated carbocycles. The smallest absolute Gasteiger partial charge is 0.225 e. The van der Waals surface area contributed by atoms with Crippen LogP contribution in [0.2, 0.25) is 0 Å². The van der Waals surface area contributed by atoms with Crippen molar-refractivity contribution in [3.05, 3.63) is 28.9 Å². The maximum absolute atomic E-state index is 11.9. The van der Waals surface area contributed by atoms with Gasteiger partial charge in [0.2, 0.25) is 11.7 Å². The molecule has 2 aromatic rings. The van der Waals surface area contributed by atoms with E-state index in [9.17, 15) is 4.79 Å². The Labute approximate surface area is 90.5 Å². The van der Waals surface area contributed by atoms with Crippen molar-refractivity contribution in [2.75, 3.05) is 7.11 Å². The maximum Gasteiger partial charge on any atom is 0.225 e. The van der Waals surface area contributed by atoms with E-state index in [2.05, 4.69) is 9.47 Å². The van der Waals surface area contributed by atoms with E-state index in [1.807, 2.05) is 0 Å². The van der Waals surface area contributed by atoms with Gasteiger partial charge in [-0.25, -0.2) is 0 Å². The zero-order valence-corrected chi connectivity index (χ0v) is 9.11. The average molecular weight is 223 g/mol. The molecule has 0 aliphatic rings. The highest BCUT2D eigenvalue weighted by atomic mass is 32.1. The van der Waals surface area contributed by atoms with E-state index in [0.29, 0.717) is 16.3 Å². The molecule has 5 nitrogen and oxygen atoms in total. The van der Waals surface area contributed by atoms with Crippen molar-refractivity contribution < 1.29 is 9.53 Å². The Bertz CT molecular complexity index is 489. The van der Waals surface area contributed by atoms with Gasteiger partial charge in [0, 0.05) is 19.3 Å². The van der Waals surface area contributed by atoms with Crippen LogP contribution in [0.25, 0.3) is 0 Å². The molecule has 0 N–H and O–H groups in total. The van der Waals surface area contributed by atoms with Crippen molar-refractivity contribution >= 4 is 17.3 Å². The van der Waals surface area contributed by atoms with Crippen LogP contribution in [-0.2, 0) is 7.05 Å². The van der Waals surface area contributed by atoms with Gasteiger partial charge in [0.05, 0.1) is 23.7 Å². The van der Waals surface area contributed by atoms with Gasteiger partial charge >= 0.3 is 0 Å². The lowest BCUT2D eigenvalue weighted by molar-refractivity contribution is 0.104. The number of carbonyl (C=O) groups excluding carboxylic acids is 1. The number of aromatic nitrogens is 3. The van der Waals surface area contributed by atoms with E-state index in [0.717, 1.165) is 11.5 Å². The number of hydrogen-bond acceptors (Lipinski definition) is 5. The molecule has 0 amide bonds. The fourth-order valence-corrected chi connectivity index (χ4v) is 1.81. The molecule has 0 radical (unpaired) electrons. The molecule has 0 saturated heterocycles. The summed E-state index contributed by atoms with van der Waals surface area (Å²) in [6, 6.07) is 1.62. The molecule has 0 fully saturated rings. The van der Waals surface area contributed by atoms with Gasteiger partial charge in [-0.1, -0.05) is 0 Å². The third-order valence-corrected chi connectivity index (χ3v) is 2.66. The minimum Gasteiger partial charge on any atom is -0.480 e. The molecule has 2 heterocycles. The first-order chi connectivity index (χ1) is 7.20. The molecular weight excluding hydrogens is 214 g/mol. The fourth-order valence-electron chi connectivity index (χ4n) is 1.14. The molecule has 6 heteroatoms. The van der Waals surface area contributed by atoms with Crippen LogP contribution in [-0.4, -0.2) is 27.0 Å². The van der Waals surface area contributed by atoms with Crippen LogP contribution < -0.4 is 4.74 Å². The number of ether oxygens (including phenoxy) is 1. The molecule has 78 valence electrons. The number of hydrogen-bond donors (Lipinski definition) is 0. The Morgan fingerprint density at radius 2 is 2.40 bits per heavy atom. The minimum atomic E-state index is -0.0797. The van der Waals surface area contributed by atoms with Gasteiger partial charge in [-0.05, 0) is 11.5 Å². The number of nitrogens with zero attached hydrogens (tertiary/aromatic N) is 3. The molecule has 0 spiro atoms. The second kappa shape index (κ2) is 3.82.